The van der Waals surface area contributed by atoms with Crippen LogP contribution in [0, 0.1) is 5.92 Å². The van der Waals surface area contributed by atoms with Crippen LogP contribution in [0.5, 0.6) is 5.75 Å². The number of aliphatic carboxylic acids is 2. The maximum Gasteiger partial charge on any atom is 0.490 e. The van der Waals surface area contributed by atoms with Crippen LogP contribution in [-0.2, 0) is 25.6 Å². The second-order valence-electron chi connectivity index (χ2n) is 8.44. The van der Waals surface area contributed by atoms with Crippen molar-refractivity contribution in [3.05, 3.63) is 29.8 Å². The first kappa shape index (κ1) is 33.4. The summed E-state index contributed by atoms with van der Waals surface area (Å²) in [6.45, 7) is 7.99. The van der Waals surface area contributed by atoms with Gasteiger partial charge in [-0.2, -0.15) is 26.3 Å². The number of benzene rings is 1. The molecule has 1 aromatic rings. The summed E-state index contributed by atoms with van der Waals surface area (Å²) in [5, 5.41) is 14.2. The summed E-state index contributed by atoms with van der Waals surface area (Å²) >= 11 is 0. The molecule has 9 nitrogen and oxygen atoms in total. The molecule has 38 heavy (non-hydrogen) atoms. The van der Waals surface area contributed by atoms with Crippen LogP contribution in [0.4, 0.5) is 26.3 Å². The third-order valence-electron chi connectivity index (χ3n) is 5.67. The predicted octanol–water partition coefficient (Wildman–Crippen LogP) is 3.13. The van der Waals surface area contributed by atoms with Crippen LogP contribution in [0.15, 0.2) is 24.3 Å². The number of piperidine rings is 1. The van der Waals surface area contributed by atoms with Gasteiger partial charge in [-0.05, 0) is 30.7 Å². The van der Waals surface area contributed by atoms with Gasteiger partial charge in [0.1, 0.15) is 5.75 Å². The van der Waals surface area contributed by atoms with E-state index in [2.05, 4.69) is 21.9 Å². The van der Waals surface area contributed by atoms with Crippen LogP contribution in [-0.4, -0.2) is 111 Å². The summed E-state index contributed by atoms with van der Waals surface area (Å²) in [4.78, 5) is 22.8. The minimum Gasteiger partial charge on any atom is -0.497 e. The molecule has 218 valence electrons. The lowest BCUT2D eigenvalue weighted by Gasteiger charge is -2.38. The number of ether oxygens (including phenoxy) is 3. The Morgan fingerprint density at radius 2 is 1.50 bits per heavy atom. The molecule has 2 aliphatic heterocycles. The molecule has 2 N–H and O–H groups in total. The lowest BCUT2D eigenvalue weighted by molar-refractivity contribution is -0.193. The molecule has 15 heteroatoms. The topological polar surface area (TPSA) is 109 Å². The standard InChI is InChI=1S/C19H30N2O3.2C2HF3O2/c1-22-11-9-20-10-12-24-19-15-21(8-7-17(19)14-20)13-16-3-5-18(23-2)6-4-16;2*3-2(4,5)1(6)7/h3-6,17,19H,7-15H2,1-2H3;2*(H,6,7)/t17-,19-;;/m1../s1. The Labute approximate surface area is 215 Å². The molecule has 2 aliphatic rings. The van der Waals surface area contributed by atoms with Crippen LogP contribution < -0.4 is 4.74 Å². The molecule has 2 saturated heterocycles. The first-order chi connectivity index (χ1) is 17.7. The van der Waals surface area contributed by atoms with Gasteiger partial charge in [0.2, 0.25) is 0 Å². The normalized spacial score (nSPS) is 20.5. The number of carboxylic acids is 2. The van der Waals surface area contributed by atoms with Crippen LogP contribution >= 0.6 is 0 Å². The second kappa shape index (κ2) is 15.7. The van der Waals surface area contributed by atoms with Crippen molar-refractivity contribution in [3.8, 4) is 5.75 Å². The van der Waals surface area contributed by atoms with E-state index in [9.17, 15) is 26.3 Å². The summed E-state index contributed by atoms with van der Waals surface area (Å²) in [6.07, 6.45) is -8.59. The predicted molar refractivity (Wildman–Crippen MR) is 122 cm³/mol. The number of methoxy groups -OCH3 is 2. The number of likely N-dealkylation sites (tertiary alicyclic amines) is 1. The van der Waals surface area contributed by atoms with E-state index in [1.54, 1.807) is 14.2 Å². The lowest BCUT2D eigenvalue weighted by atomic mass is 9.93. The molecule has 0 unspecified atom stereocenters. The van der Waals surface area contributed by atoms with Crippen molar-refractivity contribution in [2.24, 2.45) is 5.92 Å². The van der Waals surface area contributed by atoms with Crippen molar-refractivity contribution in [1.29, 1.82) is 0 Å². The smallest absolute Gasteiger partial charge is 0.490 e. The van der Waals surface area contributed by atoms with E-state index >= 15 is 0 Å². The SMILES string of the molecule is COCCN1CCO[C@@H]2CN(Cc3ccc(OC)cc3)CC[C@@H]2C1.O=C(O)C(F)(F)F.O=C(O)C(F)(F)F. The fourth-order valence-corrected chi connectivity index (χ4v) is 3.74. The molecule has 2 atom stereocenters. The molecule has 0 amide bonds. The highest BCUT2D eigenvalue weighted by atomic mass is 19.4. The van der Waals surface area contributed by atoms with Gasteiger partial charge in [-0.3, -0.25) is 9.80 Å². The largest absolute Gasteiger partial charge is 0.497 e. The fourth-order valence-electron chi connectivity index (χ4n) is 3.74. The summed E-state index contributed by atoms with van der Waals surface area (Å²) in [7, 11) is 3.48. The molecular formula is C23H32F6N2O7. The van der Waals surface area contributed by atoms with Gasteiger partial charge in [-0.1, -0.05) is 12.1 Å². The Kier molecular flexibility index (Phi) is 13.8. The molecule has 2 heterocycles. The number of hydrogen-bond donors (Lipinski definition) is 2. The van der Waals surface area contributed by atoms with Gasteiger partial charge in [0, 0.05) is 45.8 Å². The maximum atomic E-state index is 10.6. The summed E-state index contributed by atoms with van der Waals surface area (Å²) < 4.78 is 80.1. The van der Waals surface area contributed by atoms with Crippen molar-refractivity contribution in [2.45, 2.75) is 31.4 Å². The molecule has 3 rings (SSSR count). The maximum absolute atomic E-state index is 10.6. The number of carboxylic acid groups (broad SMARTS) is 2. The van der Waals surface area contributed by atoms with Crippen molar-refractivity contribution < 1.29 is 60.4 Å². The van der Waals surface area contributed by atoms with Crippen LogP contribution in [0.1, 0.15) is 12.0 Å². The number of carbonyl (C=O) groups is 2. The van der Waals surface area contributed by atoms with Gasteiger partial charge >= 0.3 is 24.3 Å². The molecule has 0 aliphatic carbocycles. The monoisotopic (exact) mass is 562 g/mol. The molecule has 2 fully saturated rings. The zero-order valence-corrected chi connectivity index (χ0v) is 20.9. The number of hydrogen-bond acceptors (Lipinski definition) is 7. The highest BCUT2D eigenvalue weighted by molar-refractivity contribution is 5.73. The van der Waals surface area contributed by atoms with Crippen molar-refractivity contribution in [1.82, 2.24) is 9.80 Å². The number of fused-ring (bicyclic) bond motifs is 1. The van der Waals surface area contributed by atoms with E-state index in [1.807, 2.05) is 12.1 Å². The molecule has 0 bridgehead atoms. The van der Waals surface area contributed by atoms with Crippen molar-refractivity contribution in [2.75, 3.05) is 60.2 Å². The average Bonchev–Trinajstić information content (AvgIpc) is 3.04. The third-order valence-corrected chi connectivity index (χ3v) is 5.67. The quantitative estimate of drug-likeness (QED) is 0.506. The third kappa shape index (κ3) is 12.8. The van der Waals surface area contributed by atoms with E-state index < -0.39 is 24.3 Å². The lowest BCUT2D eigenvalue weighted by Crippen LogP contribution is -2.46. The highest BCUT2D eigenvalue weighted by Gasteiger charge is 2.39. The average molecular weight is 563 g/mol. The van der Waals surface area contributed by atoms with Crippen molar-refractivity contribution in [3.63, 3.8) is 0 Å². The first-order valence-corrected chi connectivity index (χ1v) is 11.5. The Morgan fingerprint density at radius 1 is 0.947 bits per heavy atom. The Hall–Kier alpha value is -2.62. The van der Waals surface area contributed by atoms with Crippen LogP contribution in [0.25, 0.3) is 0 Å². The van der Waals surface area contributed by atoms with E-state index in [0.717, 1.165) is 58.2 Å². The summed E-state index contributed by atoms with van der Waals surface area (Å²) in [5.74, 6) is -3.95. The van der Waals surface area contributed by atoms with Crippen LogP contribution in [0.3, 0.4) is 0 Å². The van der Waals surface area contributed by atoms with E-state index in [0.29, 0.717) is 12.0 Å². The Balaban J connectivity index is 0.000000426. The van der Waals surface area contributed by atoms with Gasteiger partial charge in [0.25, 0.3) is 0 Å². The van der Waals surface area contributed by atoms with Gasteiger partial charge in [0.15, 0.2) is 0 Å². The zero-order chi connectivity index (χ0) is 28.9. The Bertz CT molecular complexity index is 828. The van der Waals surface area contributed by atoms with E-state index in [1.165, 1.54) is 12.0 Å². The van der Waals surface area contributed by atoms with Crippen molar-refractivity contribution >= 4 is 11.9 Å². The minimum atomic E-state index is -5.08. The van der Waals surface area contributed by atoms with Gasteiger partial charge in [0.05, 0.1) is 26.4 Å². The molecule has 1 aromatic carbocycles. The highest BCUT2D eigenvalue weighted by Crippen LogP contribution is 2.25. The van der Waals surface area contributed by atoms with Gasteiger partial charge in [-0.15, -0.1) is 0 Å². The van der Waals surface area contributed by atoms with E-state index in [-0.39, 0.29) is 0 Å². The molecule has 0 radical (unpaired) electrons. The zero-order valence-electron chi connectivity index (χ0n) is 20.9. The fraction of sp³-hybridized carbons (Fsp3) is 0.652. The van der Waals surface area contributed by atoms with Gasteiger partial charge in [-0.25, -0.2) is 9.59 Å². The molecule has 0 spiro atoms. The first-order valence-electron chi connectivity index (χ1n) is 11.5. The number of nitrogens with zero attached hydrogens (tertiary/aromatic N) is 2. The number of halogens is 6. The second-order valence-corrected chi connectivity index (χ2v) is 8.44. The van der Waals surface area contributed by atoms with Crippen LogP contribution in [0.2, 0.25) is 0 Å². The van der Waals surface area contributed by atoms with Gasteiger partial charge < -0.3 is 24.4 Å². The number of rotatable bonds is 6. The molecule has 0 saturated carbocycles. The minimum absolute atomic E-state index is 0.365. The molecule has 0 aromatic heterocycles. The van der Waals surface area contributed by atoms with E-state index in [4.69, 9.17) is 34.0 Å². The summed E-state index contributed by atoms with van der Waals surface area (Å²) in [6, 6.07) is 8.40. The number of alkyl halides is 6. The Morgan fingerprint density at radius 3 is 1.97 bits per heavy atom. The molecular weight excluding hydrogens is 530 g/mol. The summed E-state index contributed by atoms with van der Waals surface area (Å²) in [5.41, 5.74) is 1.34.